The van der Waals surface area contributed by atoms with Gasteiger partial charge in [0, 0.05) is 60.5 Å². The Morgan fingerprint density at radius 2 is 1.62 bits per heavy atom. The fraction of sp³-hybridized carbons (Fsp3) is 0.419. The number of hydrogen-bond donors (Lipinski definition) is 2. The first-order valence-electron chi connectivity index (χ1n) is 19.9. The van der Waals surface area contributed by atoms with Crippen LogP contribution in [0, 0.1) is 0 Å². The smallest absolute Gasteiger partial charge is 0.264 e. The van der Waals surface area contributed by atoms with Crippen LogP contribution >= 0.6 is 0 Å². The highest BCUT2D eigenvalue weighted by Gasteiger charge is 2.29. The van der Waals surface area contributed by atoms with Crippen molar-refractivity contribution in [1.82, 2.24) is 14.6 Å². The predicted molar refractivity (Wildman–Crippen MR) is 217 cm³/mol. The normalized spacial score (nSPS) is 20.4. The van der Waals surface area contributed by atoms with Crippen molar-refractivity contribution in [3.05, 3.63) is 89.5 Å². The molecule has 12 nitrogen and oxygen atoms in total. The third-order valence-corrected chi connectivity index (χ3v) is 12.5. The molecule has 4 aromatic rings. The molecular weight excluding hydrogens is 731 g/mol. The summed E-state index contributed by atoms with van der Waals surface area (Å²) < 4.78 is 41.7. The molecule has 2 saturated heterocycles. The van der Waals surface area contributed by atoms with Crippen molar-refractivity contribution in [1.29, 1.82) is 0 Å². The minimum Gasteiger partial charge on any atom is -0.489 e. The molecule has 0 unspecified atom stereocenters. The molecule has 2 bridgehead atoms. The predicted octanol–water partition coefficient (Wildman–Crippen LogP) is 6.03. The topological polar surface area (TPSA) is 139 Å². The summed E-state index contributed by atoms with van der Waals surface area (Å²) in [7, 11) is -3.90. The summed E-state index contributed by atoms with van der Waals surface area (Å²) in [4.78, 5) is 43.7. The zero-order chi connectivity index (χ0) is 38.6. The van der Waals surface area contributed by atoms with Crippen molar-refractivity contribution in [2.24, 2.45) is 0 Å². The molecular formula is C43H49N5O7S. The second kappa shape index (κ2) is 16.5. The van der Waals surface area contributed by atoms with Crippen molar-refractivity contribution in [2.45, 2.75) is 70.4 Å². The lowest BCUT2D eigenvalue weighted by Crippen LogP contribution is -2.37. The number of benzene rings is 3. The second-order valence-corrected chi connectivity index (χ2v) is 16.9. The molecule has 4 aliphatic rings. The van der Waals surface area contributed by atoms with E-state index in [9.17, 15) is 22.8 Å². The van der Waals surface area contributed by atoms with Gasteiger partial charge in [0.25, 0.3) is 5.91 Å². The Hall–Kier alpha value is -5.14. The highest BCUT2D eigenvalue weighted by molar-refractivity contribution is 7.90. The average molecular weight is 780 g/mol. The number of nitrogens with zero attached hydrogens (tertiary/aromatic N) is 3. The number of rotatable bonds is 7. The number of carbonyl (C=O) groups excluding carboxylic acids is 3. The highest BCUT2D eigenvalue weighted by Crippen LogP contribution is 2.45. The fourth-order valence-corrected chi connectivity index (χ4v) is 9.48. The SMILES string of the molecule is O=C1Cn2c(-c3ccc(OCc4cc(N5CCCC5=O)ccc4N4CCOCC4)cc3)c(C3CCCCC3)c3ccc(cc32)C(=O)NS(=O)(=O)C/C=C\CCN1. The first-order chi connectivity index (χ1) is 27.2. The van der Waals surface area contributed by atoms with Gasteiger partial charge in [-0.2, -0.15) is 0 Å². The summed E-state index contributed by atoms with van der Waals surface area (Å²) in [5.74, 6) is -0.124. The van der Waals surface area contributed by atoms with Gasteiger partial charge in [-0.3, -0.25) is 14.4 Å². The highest BCUT2D eigenvalue weighted by atomic mass is 32.2. The van der Waals surface area contributed by atoms with Crippen molar-refractivity contribution in [3.8, 4) is 17.0 Å². The lowest BCUT2D eigenvalue weighted by molar-refractivity contribution is -0.121. The van der Waals surface area contributed by atoms with Crippen molar-refractivity contribution >= 4 is 50.0 Å². The van der Waals surface area contributed by atoms with Crippen LogP contribution in [-0.2, 0) is 37.5 Å². The number of fused-ring (bicyclic) bond motifs is 1. The summed E-state index contributed by atoms with van der Waals surface area (Å²) in [6, 6.07) is 19.5. The van der Waals surface area contributed by atoms with E-state index in [1.807, 2.05) is 45.9 Å². The Labute approximate surface area is 327 Å². The largest absolute Gasteiger partial charge is 0.489 e. The van der Waals surface area contributed by atoms with Crippen LogP contribution in [-0.4, -0.2) is 75.9 Å². The van der Waals surface area contributed by atoms with Gasteiger partial charge in [0.2, 0.25) is 21.8 Å². The van der Waals surface area contributed by atoms with Gasteiger partial charge < -0.3 is 29.2 Å². The molecule has 0 spiro atoms. The lowest BCUT2D eigenvalue weighted by atomic mass is 9.81. The molecule has 0 radical (unpaired) electrons. The number of nitrogens with one attached hydrogen (secondary N) is 2. The van der Waals surface area contributed by atoms with Crippen LogP contribution in [0.25, 0.3) is 22.2 Å². The molecule has 3 amide bonds. The van der Waals surface area contributed by atoms with E-state index in [-0.39, 0.29) is 35.6 Å². The Morgan fingerprint density at radius 1 is 0.839 bits per heavy atom. The van der Waals surface area contributed by atoms with Crippen LogP contribution < -0.4 is 24.6 Å². The first kappa shape index (κ1) is 37.8. The number of hydrogen-bond acceptors (Lipinski definition) is 8. The van der Waals surface area contributed by atoms with E-state index >= 15 is 0 Å². The average Bonchev–Trinajstić information content (AvgIpc) is 3.79. The van der Waals surface area contributed by atoms with E-state index in [0.29, 0.717) is 57.0 Å². The summed E-state index contributed by atoms with van der Waals surface area (Å²) in [6.45, 7) is 4.28. The molecule has 0 atom stereocenters. The second-order valence-electron chi connectivity index (χ2n) is 15.1. The van der Waals surface area contributed by atoms with E-state index in [1.54, 1.807) is 18.2 Å². The van der Waals surface area contributed by atoms with Gasteiger partial charge in [0.15, 0.2) is 0 Å². The Bertz CT molecular complexity index is 2250. The Kier molecular flexibility index (Phi) is 11.1. The molecule has 3 aliphatic heterocycles. The van der Waals surface area contributed by atoms with E-state index in [0.717, 1.165) is 84.3 Å². The van der Waals surface area contributed by atoms with E-state index in [1.165, 1.54) is 12.5 Å². The van der Waals surface area contributed by atoms with Crippen molar-refractivity contribution in [2.75, 3.05) is 54.9 Å². The lowest BCUT2D eigenvalue weighted by Gasteiger charge is -2.31. The Morgan fingerprint density at radius 3 is 2.39 bits per heavy atom. The molecule has 1 aromatic heterocycles. The summed E-state index contributed by atoms with van der Waals surface area (Å²) in [6.07, 6.45) is 10.5. The number of morpholine rings is 1. The van der Waals surface area contributed by atoms with E-state index in [4.69, 9.17) is 9.47 Å². The fourth-order valence-electron chi connectivity index (χ4n) is 8.61. The van der Waals surface area contributed by atoms with Gasteiger partial charge in [-0.05, 0) is 97.3 Å². The molecule has 4 heterocycles. The standard InChI is InChI=1S/C43H49N5O7S/c49-39-28-48-38-27-32(43(51)45-56(52,53)25-6-2-5-19-44-39)13-17-36(38)41(30-8-3-1-4-9-30)42(48)31-11-15-35(16-12-31)55-29-33-26-34(47-20-7-10-40(47)50)14-18-37(33)46-21-23-54-24-22-46/h2,6,11-18,26-27,30H,1,3-5,7-10,19-25,28-29H2,(H,44,49)(H,45,51)/b6-2-. The molecule has 1 saturated carbocycles. The van der Waals surface area contributed by atoms with Gasteiger partial charge in [-0.1, -0.05) is 37.5 Å². The van der Waals surface area contributed by atoms with Gasteiger partial charge in [0.05, 0.1) is 30.2 Å². The van der Waals surface area contributed by atoms with Crippen molar-refractivity contribution < 1.29 is 32.3 Å². The van der Waals surface area contributed by atoms with E-state index < -0.39 is 15.9 Å². The monoisotopic (exact) mass is 779 g/mol. The molecule has 13 heteroatoms. The summed E-state index contributed by atoms with van der Waals surface area (Å²) >= 11 is 0. The number of aromatic nitrogens is 1. The molecule has 56 heavy (non-hydrogen) atoms. The molecule has 3 fully saturated rings. The number of anilines is 2. The maximum absolute atomic E-state index is 13.6. The zero-order valence-corrected chi connectivity index (χ0v) is 32.5. The minimum absolute atomic E-state index is 0.0318. The van der Waals surface area contributed by atoms with Crippen LogP contribution in [0.1, 0.15) is 78.8 Å². The van der Waals surface area contributed by atoms with Crippen molar-refractivity contribution in [3.63, 3.8) is 0 Å². The summed E-state index contributed by atoms with van der Waals surface area (Å²) in [5, 5.41) is 3.95. The first-order valence-corrected chi connectivity index (χ1v) is 21.5. The quantitative estimate of drug-likeness (QED) is 0.217. The minimum atomic E-state index is -3.90. The third-order valence-electron chi connectivity index (χ3n) is 11.4. The Balaban J connectivity index is 1.15. The number of carbonyl (C=O) groups is 3. The molecule has 1 aliphatic carbocycles. The van der Waals surface area contributed by atoms with E-state index in [2.05, 4.69) is 27.1 Å². The van der Waals surface area contributed by atoms with Crippen LogP contribution in [0.4, 0.5) is 11.4 Å². The van der Waals surface area contributed by atoms with Crippen LogP contribution in [0.2, 0.25) is 0 Å². The van der Waals surface area contributed by atoms with Gasteiger partial charge in [0.1, 0.15) is 18.9 Å². The number of amides is 3. The van der Waals surface area contributed by atoms with Crippen LogP contribution in [0.5, 0.6) is 5.75 Å². The van der Waals surface area contributed by atoms with Crippen LogP contribution in [0.3, 0.4) is 0 Å². The number of ether oxygens (including phenoxy) is 2. The molecule has 294 valence electrons. The number of sulfonamides is 1. The van der Waals surface area contributed by atoms with Crippen LogP contribution in [0.15, 0.2) is 72.8 Å². The van der Waals surface area contributed by atoms with Gasteiger partial charge in [-0.25, -0.2) is 13.1 Å². The zero-order valence-electron chi connectivity index (χ0n) is 31.6. The maximum Gasteiger partial charge on any atom is 0.264 e. The summed E-state index contributed by atoms with van der Waals surface area (Å²) in [5.41, 5.74) is 6.85. The molecule has 3 aromatic carbocycles. The van der Waals surface area contributed by atoms with Gasteiger partial charge in [-0.15, -0.1) is 0 Å². The maximum atomic E-state index is 13.6. The van der Waals surface area contributed by atoms with Gasteiger partial charge >= 0.3 is 0 Å². The molecule has 2 N–H and O–H groups in total. The third kappa shape index (κ3) is 8.20. The molecule has 8 rings (SSSR count).